The van der Waals surface area contributed by atoms with Crippen LogP contribution in [0.5, 0.6) is 11.5 Å². The number of benzene rings is 2. The van der Waals surface area contributed by atoms with E-state index in [0.29, 0.717) is 11.5 Å². The van der Waals surface area contributed by atoms with Gasteiger partial charge in [-0.3, -0.25) is 4.79 Å². The van der Waals surface area contributed by atoms with Crippen molar-refractivity contribution in [2.75, 3.05) is 31.9 Å². The molecule has 2 atom stereocenters. The largest absolute Gasteiger partial charge is 0.454 e. The molecule has 0 bridgehead atoms. The van der Waals surface area contributed by atoms with Gasteiger partial charge >= 0.3 is 0 Å². The second-order valence-electron chi connectivity index (χ2n) is 9.54. The first kappa shape index (κ1) is 28.9. The van der Waals surface area contributed by atoms with E-state index in [9.17, 15) is 26.7 Å². The molecule has 1 heterocycles. The Kier molecular flexibility index (Phi) is 9.57. The molecular formula is C25H34N2O8S2. The molecule has 2 aromatic rings. The van der Waals surface area contributed by atoms with Crippen molar-refractivity contribution in [2.45, 2.75) is 43.7 Å². The standard InChI is InChI=1S/C25H34N2O8S2/c1-18(2)15-27(37(32,33)20-9-10-23-24(14-20)35-17-34-23)16-22(28)21(13-19-7-5-4-6-8-19)26-25(29)11-12-36(3,30)31/h4-10,14,18,21-22,28H,11-13,15-17H2,1-3H3,(H,26,29)/t21-,22+/m0/s1. The molecule has 0 saturated heterocycles. The summed E-state index contributed by atoms with van der Waals surface area (Å²) in [7, 11) is -7.38. The minimum absolute atomic E-state index is 0.00129. The fraction of sp³-hybridized carbons (Fsp3) is 0.480. The van der Waals surface area contributed by atoms with Gasteiger partial charge in [-0.05, 0) is 30.0 Å². The van der Waals surface area contributed by atoms with Crippen LogP contribution in [-0.2, 0) is 31.1 Å². The van der Waals surface area contributed by atoms with E-state index in [1.54, 1.807) is 0 Å². The minimum Gasteiger partial charge on any atom is -0.454 e. The van der Waals surface area contributed by atoms with Crippen molar-refractivity contribution in [3.8, 4) is 11.5 Å². The van der Waals surface area contributed by atoms with Crippen LogP contribution in [0.1, 0.15) is 25.8 Å². The van der Waals surface area contributed by atoms with Crippen molar-refractivity contribution < 1.29 is 36.2 Å². The molecule has 0 aromatic heterocycles. The van der Waals surface area contributed by atoms with Crippen LogP contribution >= 0.6 is 0 Å². The maximum absolute atomic E-state index is 13.6. The van der Waals surface area contributed by atoms with Crippen LogP contribution in [0.15, 0.2) is 53.4 Å². The monoisotopic (exact) mass is 554 g/mol. The summed E-state index contributed by atoms with van der Waals surface area (Å²) in [6.07, 6.45) is -0.264. The number of amides is 1. The second kappa shape index (κ2) is 12.2. The highest BCUT2D eigenvalue weighted by atomic mass is 32.2. The summed E-state index contributed by atoms with van der Waals surface area (Å²) in [5.41, 5.74) is 0.823. The number of sulfonamides is 1. The van der Waals surface area contributed by atoms with Crippen molar-refractivity contribution in [1.82, 2.24) is 9.62 Å². The van der Waals surface area contributed by atoms with Crippen LogP contribution in [-0.4, -0.2) is 76.2 Å². The Bertz CT molecular complexity index is 1280. The highest BCUT2D eigenvalue weighted by molar-refractivity contribution is 7.90. The smallest absolute Gasteiger partial charge is 0.243 e. The highest BCUT2D eigenvalue weighted by Crippen LogP contribution is 2.34. The molecule has 0 fully saturated rings. The number of rotatable bonds is 13. The van der Waals surface area contributed by atoms with Gasteiger partial charge in [0.05, 0.1) is 22.8 Å². The van der Waals surface area contributed by atoms with E-state index in [1.807, 2.05) is 44.2 Å². The average molecular weight is 555 g/mol. The molecule has 1 aliphatic rings. The Balaban J connectivity index is 1.84. The van der Waals surface area contributed by atoms with Gasteiger partial charge in [-0.2, -0.15) is 4.31 Å². The lowest BCUT2D eigenvalue weighted by molar-refractivity contribution is -0.122. The van der Waals surface area contributed by atoms with Gasteiger partial charge in [0, 0.05) is 31.8 Å². The number of ether oxygens (including phenoxy) is 2. The van der Waals surface area contributed by atoms with Crippen LogP contribution in [0, 0.1) is 5.92 Å². The highest BCUT2D eigenvalue weighted by Gasteiger charge is 2.32. The normalized spacial score (nSPS) is 15.1. The molecule has 2 aromatic carbocycles. The summed E-state index contributed by atoms with van der Waals surface area (Å²) >= 11 is 0. The van der Waals surface area contributed by atoms with E-state index in [4.69, 9.17) is 9.47 Å². The Morgan fingerprint density at radius 3 is 2.35 bits per heavy atom. The molecule has 10 nitrogen and oxygen atoms in total. The predicted molar refractivity (Wildman–Crippen MR) is 139 cm³/mol. The zero-order chi connectivity index (χ0) is 27.2. The Labute approximate surface area is 218 Å². The summed E-state index contributed by atoms with van der Waals surface area (Å²) in [6, 6.07) is 12.6. The molecule has 1 aliphatic heterocycles. The van der Waals surface area contributed by atoms with Gasteiger partial charge in [-0.25, -0.2) is 16.8 Å². The molecule has 0 unspecified atom stereocenters. The lowest BCUT2D eigenvalue weighted by Gasteiger charge is -2.30. The number of sulfone groups is 1. The van der Waals surface area contributed by atoms with Crippen LogP contribution in [0.4, 0.5) is 0 Å². The third-order valence-corrected chi connectivity index (χ3v) is 8.52. The van der Waals surface area contributed by atoms with Crippen LogP contribution in [0.3, 0.4) is 0 Å². The Hall–Kier alpha value is -2.67. The third kappa shape index (κ3) is 8.42. The van der Waals surface area contributed by atoms with Crippen LogP contribution in [0.25, 0.3) is 0 Å². The molecule has 3 rings (SSSR count). The quantitative estimate of drug-likeness (QED) is 0.381. The van der Waals surface area contributed by atoms with E-state index >= 15 is 0 Å². The van der Waals surface area contributed by atoms with E-state index in [2.05, 4.69) is 5.32 Å². The summed E-state index contributed by atoms with van der Waals surface area (Å²) < 4.78 is 61.9. The Morgan fingerprint density at radius 1 is 1.03 bits per heavy atom. The lowest BCUT2D eigenvalue weighted by atomic mass is 10.0. The average Bonchev–Trinajstić information content (AvgIpc) is 3.30. The topological polar surface area (TPSA) is 139 Å². The number of nitrogens with one attached hydrogen (secondary N) is 1. The minimum atomic E-state index is -4.03. The summed E-state index contributed by atoms with van der Waals surface area (Å²) in [5.74, 6) is -0.141. The first-order valence-corrected chi connectivity index (χ1v) is 15.4. The predicted octanol–water partition coefficient (Wildman–Crippen LogP) is 1.59. The van der Waals surface area contributed by atoms with E-state index in [1.165, 1.54) is 22.5 Å². The summed E-state index contributed by atoms with van der Waals surface area (Å²) in [5, 5.41) is 13.9. The molecule has 12 heteroatoms. The summed E-state index contributed by atoms with van der Waals surface area (Å²) in [6.45, 7) is 3.59. The van der Waals surface area contributed by atoms with Gasteiger partial charge in [0.25, 0.3) is 0 Å². The number of carbonyl (C=O) groups is 1. The number of carbonyl (C=O) groups excluding carboxylic acids is 1. The molecule has 0 saturated carbocycles. The number of aliphatic hydroxyl groups is 1. The van der Waals surface area contributed by atoms with Gasteiger partial charge in [-0.1, -0.05) is 44.2 Å². The van der Waals surface area contributed by atoms with Gasteiger partial charge in [0.2, 0.25) is 22.7 Å². The molecule has 0 radical (unpaired) electrons. The van der Waals surface area contributed by atoms with E-state index in [0.717, 1.165) is 11.8 Å². The zero-order valence-electron chi connectivity index (χ0n) is 21.2. The molecular weight excluding hydrogens is 520 g/mol. The fourth-order valence-electron chi connectivity index (χ4n) is 3.91. The first-order chi connectivity index (χ1) is 17.3. The molecule has 0 spiro atoms. The number of nitrogens with zero attached hydrogens (tertiary/aromatic N) is 1. The number of hydrogen-bond donors (Lipinski definition) is 2. The number of hydrogen-bond acceptors (Lipinski definition) is 8. The Morgan fingerprint density at radius 2 is 1.70 bits per heavy atom. The maximum atomic E-state index is 13.6. The van der Waals surface area contributed by atoms with Crippen molar-refractivity contribution in [1.29, 1.82) is 0 Å². The maximum Gasteiger partial charge on any atom is 0.243 e. The summed E-state index contributed by atoms with van der Waals surface area (Å²) in [4.78, 5) is 12.5. The lowest BCUT2D eigenvalue weighted by Crippen LogP contribution is -2.51. The van der Waals surface area contributed by atoms with Gasteiger partial charge < -0.3 is 19.9 Å². The fourth-order valence-corrected chi connectivity index (χ4v) is 6.10. The molecule has 37 heavy (non-hydrogen) atoms. The van der Waals surface area contributed by atoms with Gasteiger partial charge in [-0.15, -0.1) is 0 Å². The second-order valence-corrected chi connectivity index (χ2v) is 13.7. The van der Waals surface area contributed by atoms with Gasteiger partial charge in [0.15, 0.2) is 11.5 Å². The van der Waals surface area contributed by atoms with Crippen molar-refractivity contribution >= 4 is 25.8 Å². The third-order valence-electron chi connectivity index (χ3n) is 5.75. The number of fused-ring (bicyclic) bond motifs is 1. The first-order valence-electron chi connectivity index (χ1n) is 11.9. The molecule has 1 amide bonds. The zero-order valence-corrected chi connectivity index (χ0v) is 22.8. The van der Waals surface area contributed by atoms with Crippen molar-refractivity contribution in [2.24, 2.45) is 5.92 Å². The molecule has 204 valence electrons. The van der Waals surface area contributed by atoms with Crippen molar-refractivity contribution in [3.63, 3.8) is 0 Å². The van der Waals surface area contributed by atoms with E-state index < -0.39 is 37.9 Å². The van der Waals surface area contributed by atoms with Crippen LogP contribution < -0.4 is 14.8 Å². The SMILES string of the molecule is CC(C)CN(C[C@@H](O)[C@H](Cc1ccccc1)NC(=O)CCS(C)(=O)=O)S(=O)(=O)c1ccc2c(c1)OCO2. The number of aliphatic hydroxyl groups excluding tert-OH is 1. The van der Waals surface area contributed by atoms with E-state index in [-0.39, 0.29) is 49.3 Å². The molecule has 0 aliphatic carbocycles. The van der Waals surface area contributed by atoms with Crippen LogP contribution in [0.2, 0.25) is 0 Å². The molecule has 2 N–H and O–H groups in total. The van der Waals surface area contributed by atoms with Crippen molar-refractivity contribution in [3.05, 3.63) is 54.1 Å². The van der Waals surface area contributed by atoms with Gasteiger partial charge in [0.1, 0.15) is 9.84 Å².